The molecule has 0 heterocycles. The Morgan fingerprint density at radius 2 is 2.05 bits per heavy atom. The molecule has 0 saturated heterocycles. The number of amides is 1. The quantitative estimate of drug-likeness (QED) is 0.314. The first-order chi connectivity index (χ1) is 10.2. The summed E-state index contributed by atoms with van der Waals surface area (Å²) in [4.78, 5) is 16.3. The Bertz CT molecular complexity index is 334. The van der Waals surface area contributed by atoms with Crippen molar-refractivity contribution >= 4 is 35.8 Å². The molecule has 130 valence electrons. The molecule has 3 N–H and O–H groups in total. The second kappa shape index (κ2) is 12.9. The summed E-state index contributed by atoms with van der Waals surface area (Å²) in [5.74, 6) is 0.835. The van der Waals surface area contributed by atoms with Gasteiger partial charge in [-0.3, -0.25) is 9.79 Å². The summed E-state index contributed by atoms with van der Waals surface area (Å²) in [6.45, 7) is 5.95. The molecule has 6 nitrogen and oxygen atoms in total. The molecule has 1 rings (SSSR count). The summed E-state index contributed by atoms with van der Waals surface area (Å²) in [5, 5.41) is 9.49. The summed E-state index contributed by atoms with van der Waals surface area (Å²) in [6.07, 6.45) is 5.14. The van der Waals surface area contributed by atoms with E-state index in [-0.39, 0.29) is 35.9 Å². The van der Waals surface area contributed by atoms with E-state index in [1.807, 2.05) is 13.8 Å². The Labute approximate surface area is 151 Å². The van der Waals surface area contributed by atoms with Gasteiger partial charge in [0.1, 0.15) is 0 Å². The highest BCUT2D eigenvalue weighted by molar-refractivity contribution is 14.0. The van der Waals surface area contributed by atoms with Gasteiger partial charge in [-0.15, -0.1) is 24.0 Å². The summed E-state index contributed by atoms with van der Waals surface area (Å²) in [5.41, 5.74) is 0. The van der Waals surface area contributed by atoms with Crippen LogP contribution in [0.1, 0.15) is 46.0 Å². The number of hydrogen-bond acceptors (Lipinski definition) is 3. The molecule has 0 bridgehead atoms. The van der Waals surface area contributed by atoms with E-state index in [0.29, 0.717) is 25.6 Å². The van der Waals surface area contributed by atoms with Crippen molar-refractivity contribution in [2.75, 3.05) is 26.8 Å². The van der Waals surface area contributed by atoms with E-state index in [1.165, 1.54) is 12.8 Å². The van der Waals surface area contributed by atoms with Crippen molar-refractivity contribution in [3.63, 3.8) is 0 Å². The van der Waals surface area contributed by atoms with Gasteiger partial charge in [0.15, 0.2) is 5.96 Å². The van der Waals surface area contributed by atoms with Crippen LogP contribution in [0, 0.1) is 0 Å². The van der Waals surface area contributed by atoms with Crippen LogP contribution in [0.25, 0.3) is 0 Å². The van der Waals surface area contributed by atoms with E-state index in [9.17, 15) is 4.79 Å². The topological polar surface area (TPSA) is 74.8 Å². The molecule has 1 aliphatic rings. The van der Waals surface area contributed by atoms with Crippen molar-refractivity contribution in [3.8, 4) is 0 Å². The van der Waals surface area contributed by atoms with E-state index in [0.717, 1.165) is 25.3 Å². The van der Waals surface area contributed by atoms with E-state index in [4.69, 9.17) is 4.74 Å². The fourth-order valence-electron chi connectivity index (χ4n) is 2.48. The number of carbonyl (C=O) groups excluding carboxylic acids is 1. The van der Waals surface area contributed by atoms with Crippen molar-refractivity contribution in [3.05, 3.63) is 0 Å². The van der Waals surface area contributed by atoms with E-state index in [1.54, 1.807) is 7.11 Å². The lowest BCUT2D eigenvalue weighted by molar-refractivity contribution is -0.121. The highest BCUT2D eigenvalue weighted by Gasteiger charge is 2.16. The Hall–Kier alpha value is -0.570. The minimum Gasteiger partial charge on any atom is -0.383 e. The SMILES string of the molecule is CCNC(=NCCC(=O)NC1CCCC1)NC(C)COC.I. The Kier molecular flexibility index (Phi) is 12.6. The molecule has 1 unspecified atom stereocenters. The number of guanidine groups is 1. The van der Waals surface area contributed by atoms with E-state index in [2.05, 4.69) is 20.9 Å². The van der Waals surface area contributed by atoms with E-state index >= 15 is 0 Å². The Balaban J connectivity index is 0.00000441. The molecule has 1 aliphatic carbocycles. The molecule has 0 aliphatic heterocycles. The van der Waals surface area contributed by atoms with Gasteiger partial charge in [0.2, 0.25) is 5.91 Å². The molecule has 1 atom stereocenters. The summed E-state index contributed by atoms with van der Waals surface area (Å²) >= 11 is 0. The van der Waals surface area contributed by atoms with Gasteiger partial charge in [0.05, 0.1) is 13.2 Å². The number of rotatable bonds is 8. The molecular weight excluding hydrogens is 395 g/mol. The molecule has 22 heavy (non-hydrogen) atoms. The smallest absolute Gasteiger partial charge is 0.222 e. The molecule has 0 aromatic carbocycles. The minimum absolute atomic E-state index is 0. The van der Waals surface area contributed by atoms with Crippen LogP contribution in [-0.2, 0) is 9.53 Å². The van der Waals surface area contributed by atoms with Gasteiger partial charge in [0.25, 0.3) is 0 Å². The lowest BCUT2D eigenvalue weighted by Gasteiger charge is -2.17. The van der Waals surface area contributed by atoms with Gasteiger partial charge in [-0.25, -0.2) is 0 Å². The predicted molar refractivity (Wildman–Crippen MR) is 101 cm³/mol. The molecule has 1 amide bonds. The van der Waals surface area contributed by atoms with Crippen molar-refractivity contribution in [2.45, 2.75) is 58.0 Å². The molecule has 1 saturated carbocycles. The number of halogens is 1. The normalized spacial score (nSPS) is 16.8. The number of methoxy groups -OCH3 is 1. The van der Waals surface area contributed by atoms with Crippen LogP contribution in [-0.4, -0.2) is 50.8 Å². The zero-order valence-electron chi connectivity index (χ0n) is 14.0. The Morgan fingerprint density at radius 3 is 2.64 bits per heavy atom. The van der Waals surface area contributed by atoms with Crippen LogP contribution in [0.5, 0.6) is 0 Å². The lowest BCUT2D eigenvalue weighted by Crippen LogP contribution is -2.44. The monoisotopic (exact) mass is 426 g/mol. The van der Waals surface area contributed by atoms with Crippen LogP contribution < -0.4 is 16.0 Å². The number of hydrogen-bond donors (Lipinski definition) is 3. The number of aliphatic imine (C=N–C) groups is 1. The largest absolute Gasteiger partial charge is 0.383 e. The average molecular weight is 426 g/mol. The van der Waals surface area contributed by atoms with Crippen LogP contribution in [0.3, 0.4) is 0 Å². The average Bonchev–Trinajstić information content (AvgIpc) is 2.92. The number of ether oxygens (including phenoxy) is 1. The summed E-state index contributed by atoms with van der Waals surface area (Å²) in [7, 11) is 1.68. The van der Waals surface area contributed by atoms with Crippen LogP contribution >= 0.6 is 24.0 Å². The van der Waals surface area contributed by atoms with Gasteiger partial charge >= 0.3 is 0 Å². The first-order valence-electron chi connectivity index (χ1n) is 7.98. The zero-order chi connectivity index (χ0) is 15.5. The van der Waals surface area contributed by atoms with Gasteiger partial charge < -0.3 is 20.7 Å². The summed E-state index contributed by atoms with van der Waals surface area (Å²) < 4.78 is 5.09. The lowest BCUT2D eigenvalue weighted by atomic mass is 10.2. The van der Waals surface area contributed by atoms with Crippen molar-refractivity contribution in [1.29, 1.82) is 0 Å². The highest BCUT2D eigenvalue weighted by atomic mass is 127. The standard InChI is InChI=1S/C15H30N4O2.HI/c1-4-16-15(18-12(2)11-21-3)17-10-9-14(20)19-13-7-5-6-8-13;/h12-13H,4-11H2,1-3H3,(H,19,20)(H2,16,17,18);1H. The van der Waals surface area contributed by atoms with Crippen LogP contribution in [0.2, 0.25) is 0 Å². The third-order valence-corrected chi connectivity index (χ3v) is 3.47. The fourth-order valence-corrected chi connectivity index (χ4v) is 2.48. The minimum atomic E-state index is 0. The predicted octanol–water partition coefficient (Wildman–Crippen LogP) is 1.64. The highest BCUT2D eigenvalue weighted by Crippen LogP contribution is 2.17. The molecule has 7 heteroatoms. The van der Waals surface area contributed by atoms with Crippen LogP contribution in [0.15, 0.2) is 4.99 Å². The molecular formula is C15H31IN4O2. The van der Waals surface area contributed by atoms with Gasteiger partial charge in [0, 0.05) is 32.2 Å². The maximum Gasteiger partial charge on any atom is 0.222 e. The molecule has 0 spiro atoms. The summed E-state index contributed by atoms with van der Waals surface area (Å²) in [6, 6.07) is 0.565. The third-order valence-electron chi connectivity index (χ3n) is 3.47. The molecule has 0 aromatic rings. The third kappa shape index (κ3) is 9.45. The molecule has 0 aromatic heterocycles. The number of nitrogens with zero attached hydrogens (tertiary/aromatic N) is 1. The van der Waals surface area contributed by atoms with Crippen molar-refractivity contribution in [2.24, 2.45) is 4.99 Å². The van der Waals surface area contributed by atoms with Crippen molar-refractivity contribution < 1.29 is 9.53 Å². The fraction of sp³-hybridized carbons (Fsp3) is 0.867. The molecule has 0 radical (unpaired) electrons. The zero-order valence-corrected chi connectivity index (χ0v) is 16.3. The maximum absolute atomic E-state index is 11.8. The van der Waals surface area contributed by atoms with Crippen molar-refractivity contribution in [1.82, 2.24) is 16.0 Å². The van der Waals surface area contributed by atoms with Crippen LogP contribution in [0.4, 0.5) is 0 Å². The number of carbonyl (C=O) groups is 1. The van der Waals surface area contributed by atoms with Gasteiger partial charge in [-0.1, -0.05) is 12.8 Å². The first kappa shape index (κ1) is 21.4. The Morgan fingerprint density at radius 1 is 1.36 bits per heavy atom. The first-order valence-corrected chi connectivity index (χ1v) is 7.98. The second-order valence-electron chi connectivity index (χ2n) is 5.56. The maximum atomic E-state index is 11.8. The second-order valence-corrected chi connectivity index (χ2v) is 5.56. The van der Waals surface area contributed by atoms with Gasteiger partial charge in [-0.2, -0.15) is 0 Å². The van der Waals surface area contributed by atoms with Gasteiger partial charge in [-0.05, 0) is 26.7 Å². The van der Waals surface area contributed by atoms with E-state index < -0.39 is 0 Å². The molecule has 1 fully saturated rings. The number of nitrogens with one attached hydrogen (secondary N) is 3.